The van der Waals surface area contributed by atoms with E-state index in [1.165, 1.54) is 12.1 Å². The second-order valence-corrected chi connectivity index (χ2v) is 6.46. The van der Waals surface area contributed by atoms with Crippen molar-refractivity contribution in [3.63, 3.8) is 0 Å². The first-order valence-corrected chi connectivity index (χ1v) is 8.97. The van der Waals surface area contributed by atoms with E-state index < -0.39 is 4.92 Å². The Morgan fingerprint density at radius 1 is 1.27 bits per heavy atom. The lowest BCUT2D eigenvalue weighted by atomic mass is 9.95. The molecule has 3 amide bonds. The van der Waals surface area contributed by atoms with E-state index in [0.29, 0.717) is 44.7 Å². The number of likely N-dealkylation sites (tertiary alicyclic amines) is 1. The van der Waals surface area contributed by atoms with Crippen LogP contribution in [0.15, 0.2) is 18.2 Å². The molecule has 0 aromatic heterocycles. The van der Waals surface area contributed by atoms with Crippen LogP contribution in [0, 0.1) is 23.0 Å². The number of carbonyl (C=O) groups excluding carboxylic acids is 2. The molecular weight excluding hydrogens is 336 g/mol. The predicted molar refractivity (Wildman–Crippen MR) is 99.1 cm³/mol. The Kier molecular flexibility index (Phi) is 6.54. The minimum absolute atomic E-state index is 0.0170. The summed E-state index contributed by atoms with van der Waals surface area (Å²) in [6, 6.07) is 4.44. The number of aryl methyl sites for hydroxylation is 1. The summed E-state index contributed by atoms with van der Waals surface area (Å²) in [5.74, 6) is -0.349. The highest BCUT2D eigenvalue weighted by Crippen LogP contribution is 2.25. The van der Waals surface area contributed by atoms with E-state index in [4.69, 9.17) is 0 Å². The van der Waals surface area contributed by atoms with E-state index in [2.05, 4.69) is 5.32 Å². The zero-order chi connectivity index (χ0) is 19.3. The molecule has 142 valence electrons. The van der Waals surface area contributed by atoms with Crippen LogP contribution >= 0.6 is 0 Å². The number of anilines is 1. The van der Waals surface area contributed by atoms with Crippen LogP contribution in [-0.2, 0) is 4.79 Å². The summed E-state index contributed by atoms with van der Waals surface area (Å²) in [6.45, 7) is 8.11. The highest BCUT2D eigenvalue weighted by atomic mass is 16.6. The van der Waals surface area contributed by atoms with E-state index in [0.717, 1.165) is 5.56 Å². The molecule has 1 aliphatic heterocycles. The van der Waals surface area contributed by atoms with Crippen LogP contribution in [0.1, 0.15) is 32.3 Å². The maximum atomic E-state index is 12.5. The molecule has 0 aliphatic carbocycles. The topological polar surface area (TPSA) is 95.8 Å². The fraction of sp³-hybridized carbons (Fsp3) is 0.556. The van der Waals surface area contributed by atoms with Gasteiger partial charge in [-0.15, -0.1) is 0 Å². The first-order chi connectivity index (χ1) is 12.4. The van der Waals surface area contributed by atoms with Crippen molar-refractivity contribution in [3.05, 3.63) is 33.9 Å². The summed E-state index contributed by atoms with van der Waals surface area (Å²) < 4.78 is 0. The number of rotatable bonds is 5. The number of hydrogen-bond donors (Lipinski definition) is 1. The number of benzene rings is 1. The van der Waals surface area contributed by atoms with Gasteiger partial charge in [0.05, 0.1) is 10.6 Å². The highest BCUT2D eigenvalue weighted by molar-refractivity contribution is 5.93. The maximum absolute atomic E-state index is 12.5. The van der Waals surface area contributed by atoms with Gasteiger partial charge in [0.25, 0.3) is 5.69 Å². The second kappa shape index (κ2) is 8.64. The fourth-order valence-electron chi connectivity index (χ4n) is 3.12. The molecule has 1 aromatic rings. The van der Waals surface area contributed by atoms with Crippen LogP contribution in [0.2, 0.25) is 0 Å². The van der Waals surface area contributed by atoms with Crippen molar-refractivity contribution in [3.8, 4) is 0 Å². The van der Waals surface area contributed by atoms with Gasteiger partial charge in [-0.3, -0.25) is 14.9 Å². The van der Waals surface area contributed by atoms with Crippen molar-refractivity contribution in [2.24, 2.45) is 5.92 Å². The third kappa shape index (κ3) is 4.50. The summed E-state index contributed by atoms with van der Waals surface area (Å²) in [7, 11) is 0. The molecule has 0 bridgehead atoms. The Labute approximate surface area is 153 Å². The third-order valence-electron chi connectivity index (χ3n) is 4.86. The van der Waals surface area contributed by atoms with Crippen LogP contribution in [0.4, 0.5) is 16.2 Å². The van der Waals surface area contributed by atoms with E-state index in [1.807, 2.05) is 13.8 Å². The van der Waals surface area contributed by atoms with E-state index >= 15 is 0 Å². The summed E-state index contributed by atoms with van der Waals surface area (Å²) >= 11 is 0. The monoisotopic (exact) mass is 362 g/mol. The number of non-ortho nitro benzene ring substituents is 1. The fourth-order valence-corrected chi connectivity index (χ4v) is 3.12. The number of hydrogen-bond acceptors (Lipinski definition) is 4. The van der Waals surface area contributed by atoms with Crippen molar-refractivity contribution < 1.29 is 14.5 Å². The number of carbonyl (C=O) groups is 2. The Morgan fingerprint density at radius 2 is 1.88 bits per heavy atom. The Balaban J connectivity index is 1.96. The minimum Gasteiger partial charge on any atom is -0.325 e. The first kappa shape index (κ1) is 19.7. The average Bonchev–Trinajstić information content (AvgIpc) is 2.64. The number of urea groups is 1. The van der Waals surface area contributed by atoms with Gasteiger partial charge in [-0.05, 0) is 39.2 Å². The zero-order valence-corrected chi connectivity index (χ0v) is 15.5. The van der Waals surface area contributed by atoms with Crippen LogP contribution < -0.4 is 5.32 Å². The number of piperidine rings is 1. The highest BCUT2D eigenvalue weighted by Gasteiger charge is 2.29. The van der Waals surface area contributed by atoms with Gasteiger partial charge in [-0.1, -0.05) is 6.07 Å². The summed E-state index contributed by atoms with van der Waals surface area (Å²) in [5.41, 5.74) is 1.19. The molecule has 0 spiro atoms. The van der Waals surface area contributed by atoms with Crippen LogP contribution in [0.5, 0.6) is 0 Å². The van der Waals surface area contributed by atoms with Gasteiger partial charge in [0.15, 0.2) is 0 Å². The van der Waals surface area contributed by atoms with Gasteiger partial charge in [0.2, 0.25) is 5.91 Å². The number of nitrogens with zero attached hydrogens (tertiary/aromatic N) is 3. The molecule has 0 saturated carbocycles. The van der Waals surface area contributed by atoms with Gasteiger partial charge < -0.3 is 15.1 Å². The molecule has 1 N–H and O–H groups in total. The van der Waals surface area contributed by atoms with Gasteiger partial charge in [0.1, 0.15) is 0 Å². The van der Waals surface area contributed by atoms with Crippen molar-refractivity contribution in [1.82, 2.24) is 9.80 Å². The molecule has 1 aliphatic rings. The number of nitro benzene ring substituents is 1. The molecule has 26 heavy (non-hydrogen) atoms. The van der Waals surface area contributed by atoms with Crippen molar-refractivity contribution >= 4 is 23.3 Å². The lowest BCUT2D eigenvalue weighted by Crippen LogP contribution is -2.47. The van der Waals surface area contributed by atoms with Gasteiger partial charge in [0, 0.05) is 44.2 Å². The van der Waals surface area contributed by atoms with Crippen molar-refractivity contribution in [1.29, 1.82) is 0 Å². The molecule has 8 nitrogen and oxygen atoms in total. The molecule has 0 atom stereocenters. The smallest absolute Gasteiger partial charge is 0.319 e. The summed E-state index contributed by atoms with van der Waals surface area (Å²) in [4.78, 5) is 38.9. The molecule has 1 saturated heterocycles. The molecule has 1 heterocycles. The quantitative estimate of drug-likeness (QED) is 0.643. The molecule has 1 fully saturated rings. The largest absolute Gasteiger partial charge is 0.325 e. The molecule has 1 aromatic carbocycles. The lowest BCUT2D eigenvalue weighted by Gasteiger charge is -2.34. The lowest BCUT2D eigenvalue weighted by molar-refractivity contribution is -0.384. The minimum atomic E-state index is -0.480. The van der Waals surface area contributed by atoms with E-state index in [-0.39, 0.29) is 23.5 Å². The van der Waals surface area contributed by atoms with Crippen LogP contribution in [-0.4, -0.2) is 52.8 Å². The number of nitro groups is 1. The van der Waals surface area contributed by atoms with Gasteiger partial charge >= 0.3 is 6.03 Å². The number of amides is 3. The van der Waals surface area contributed by atoms with E-state index in [9.17, 15) is 19.7 Å². The molecule has 8 heteroatoms. The van der Waals surface area contributed by atoms with E-state index in [1.54, 1.807) is 22.8 Å². The normalized spacial score (nSPS) is 14.8. The third-order valence-corrected chi connectivity index (χ3v) is 4.86. The predicted octanol–water partition coefficient (Wildman–Crippen LogP) is 3.02. The van der Waals surface area contributed by atoms with Crippen LogP contribution in [0.25, 0.3) is 0 Å². The molecular formula is C18H26N4O4. The Morgan fingerprint density at radius 3 is 2.42 bits per heavy atom. The molecule has 0 unspecified atom stereocenters. The molecule has 2 rings (SSSR count). The van der Waals surface area contributed by atoms with Gasteiger partial charge in [-0.2, -0.15) is 0 Å². The Bertz CT molecular complexity index is 680. The van der Waals surface area contributed by atoms with Gasteiger partial charge in [-0.25, -0.2) is 4.79 Å². The average molecular weight is 362 g/mol. The Hall–Kier alpha value is -2.64. The van der Waals surface area contributed by atoms with Crippen molar-refractivity contribution in [2.45, 2.75) is 33.6 Å². The standard InChI is InChI=1S/C18H26N4O4/c1-4-20(5-2)18(24)21-10-8-14(9-11-21)17(23)19-16-12-15(22(25)26)7-6-13(16)3/h6-7,12,14H,4-5,8-11H2,1-3H3,(H,19,23). The maximum Gasteiger partial charge on any atom is 0.319 e. The van der Waals surface area contributed by atoms with Crippen molar-refractivity contribution in [2.75, 3.05) is 31.5 Å². The second-order valence-electron chi connectivity index (χ2n) is 6.46. The van der Waals surface area contributed by atoms with Crippen LogP contribution in [0.3, 0.4) is 0 Å². The zero-order valence-electron chi connectivity index (χ0n) is 15.5. The summed E-state index contributed by atoms with van der Waals surface area (Å²) in [6.07, 6.45) is 1.18. The first-order valence-electron chi connectivity index (χ1n) is 8.97. The molecule has 0 radical (unpaired) electrons. The summed E-state index contributed by atoms with van der Waals surface area (Å²) in [5, 5.41) is 13.7. The number of nitrogens with one attached hydrogen (secondary N) is 1. The SMILES string of the molecule is CCN(CC)C(=O)N1CCC(C(=O)Nc2cc([N+](=O)[O-])ccc2C)CC1.